The number of carbonyl (C=O) groups excluding carboxylic acids is 3. The van der Waals surface area contributed by atoms with E-state index in [9.17, 15) is 14.4 Å². The zero-order valence-corrected chi connectivity index (χ0v) is 15.8. The maximum atomic E-state index is 12.2. The van der Waals surface area contributed by atoms with Crippen molar-refractivity contribution in [1.82, 2.24) is 0 Å². The lowest BCUT2D eigenvalue weighted by Gasteiger charge is -2.06. The third-order valence-corrected chi connectivity index (χ3v) is 4.35. The summed E-state index contributed by atoms with van der Waals surface area (Å²) in [7, 11) is 0. The first kappa shape index (κ1) is 19.4. The molecule has 1 amide bonds. The number of rotatable bonds is 7. The van der Waals surface area contributed by atoms with E-state index in [0.29, 0.717) is 11.3 Å². The Hall–Kier alpha value is -3.41. The Labute approximate surface area is 162 Å². The van der Waals surface area contributed by atoms with Crippen LogP contribution in [0, 0.1) is 0 Å². The Morgan fingerprint density at radius 3 is 2.50 bits per heavy atom. The van der Waals surface area contributed by atoms with E-state index in [1.807, 2.05) is 18.2 Å². The molecular weight excluding hydrogens is 358 g/mol. The molecule has 3 aromatic rings. The maximum absolute atomic E-state index is 12.2. The molecule has 0 fully saturated rings. The second-order valence-corrected chi connectivity index (χ2v) is 6.46. The molecule has 0 aliphatic rings. The fraction of sp³-hybridized carbons (Fsp3) is 0.227. The van der Waals surface area contributed by atoms with Crippen LogP contribution in [0.15, 0.2) is 53.1 Å². The van der Waals surface area contributed by atoms with Crippen LogP contribution in [0.2, 0.25) is 0 Å². The number of hydrogen-bond donors (Lipinski definition) is 1. The summed E-state index contributed by atoms with van der Waals surface area (Å²) in [5, 5.41) is 3.49. The van der Waals surface area contributed by atoms with Gasteiger partial charge in [-0.1, -0.05) is 19.1 Å². The number of benzene rings is 2. The van der Waals surface area contributed by atoms with E-state index in [1.54, 1.807) is 30.5 Å². The highest BCUT2D eigenvalue weighted by Gasteiger charge is 2.14. The van der Waals surface area contributed by atoms with Crippen LogP contribution < -0.4 is 5.32 Å². The Morgan fingerprint density at radius 1 is 1.07 bits per heavy atom. The van der Waals surface area contributed by atoms with Crippen LogP contribution in [0.3, 0.4) is 0 Å². The minimum absolute atomic E-state index is 0.0349. The molecule has 0 saturated carbocycles. The van der Waals surface area contributed by atoms with E-state index in [1.165, 1.54) is 6.92 Å². The molecule has 3 rings (SSSR count). The summed E-state index contributed by atoms with van der Waals surface area (Å²) in [6.45, 7) is 3.13. The topological polar surface area (TPSA) is 85.6 Å². The third-order valence-electron chi connectivity index (χ3n) is 4.35. The minimum atomic E-state index is -0.495. The van der Waals surface area contributed by atoms with Gasteiger partial charge in [-0.3, -0.25) is 14.4 Å². The van der Waals surface area contributed by atoms with Gasteiger partial charge in [0, 0.05) is 29.1 Å². The van der Waals surface area contributed by atoms with Crippen molar-refractivity contribution < 1.29 is 23.5 Å². The summed E-state index contributed by atoms with van der Waals surface area (Å²) >= 11 is 0. The van der Waals surface area contributed by atoms with Crippen molar-refractivity contribution >= 4 is 34.3 Å². The second kappa shape index (κ2) is 8.52. The predicted octanol–water partition coefficient (Wildman–Crippen LogP) is 3.92. The van der Waals surface area contributed by atoms with E-state index in [4.69, 9.17) is 9.15 Å². The number of ketones is 1. The predicted molar refractivity (Wildman–Crippen MR) is 105 cm³/mol. The van der Waals surface area contributed by atoms with Gasteiger partial charge in [-0.2, -0.15) is 0 Å². The number of nitrogens with one attached hydrogen (secondary N) is 1. The monoisotopic (exact) mass is 379 g/mol. The Kier molecular flexibility index (Phi) is 5.89. The molecule has 6 heteroatoms. The van der Waals surface area contributed by atoms with Crippen molar-refractivity contribution in [3.8, 4) is 0 Å². The van der Waals surface area contributed by atoms with E-state index < -0.39 is 5.97 Å². The van der Waals surface area contributed by atoms with Crippen LogP contribution in [-0.4, -0.2) is 24.3 Å². The van der Waals surface area contributed by atoms with Gasteiger partial charge in [0.25, 0.3) is 0 Å². The van der Waals surface area contributed by atoms with Crippen molar-refractivity contribution in [3.05, 3.63) is 65.4 Å². The quantitative estimate of drug-likeness (QED) is 0.497. The highest BCUT2D eigenvalue weighted by atomic mass is 16.5. The summed E-state index contributed by atoms with van der Waals surface area (Å²) in [6.07, 6.45) is 2.49. The first-order chi connectivity index (χ1) is 13.5. The smallest absolute Gasteiger partial charge is 0.310 e. The highest BCUT2D eigenvalue weighted by Crippen LogP contribution is 2.23. The fourth-order valence-electron chi connectivity index (χ4n) is 2.86. The van der Waals surface area contributed by atoms with Gasteiger partial charge in [0.05, 0.1) is 12.7 Å². The molecule has 0 bridgehead atoms. The van der Waals surface area contributed by atoms with E-state index in [2.05, 4.69) is 12.2 Å². The molecule has 0 radical (unpaired) electrons. The van der Waals surface area contributed by atoms with E-state index in [-0.39, 0.29) is 24.7 Å². The standard InChI is InChI=1S/C22H21NO5/c1-3-15-4-9-19-17(12-27-21(19)10-15)11-22(26)28-13-20(25)16-5-7-18(8-6-16)23-14(2)24/h4-10,12H,3,11,13H2,1-2H3,(H,23,24). The largest absolute Gasteiger partial charge is 0.464 e. The van der Waals surface area contributed by atoms with Gasteiger partial charge in [-0.15, -0.1) is 0 Å². The van der Waals surface area contributed by atoms with Crippen LogP contribution in [0.4, 0.5) is 5.69 Å². The molecule has 1 heterocycles. The number of carbonyl (C=O) groups is 3. The molecule has 0 saturated heterocycles. The van der Waals surface area contributed by atoms with Crippen molar-refractivity contribution in [1.29, 1.82) is 0 Å². The van der Waals surface area contributed by atoms with Gasteiger partial charge in [0.15, 0.2) is 12.4 Å². The van der Waals surface area contributed by atoms with Gasteiger partial charge in [-0.25, -0.2) is 0 Å². The lowest BCUT2D eigenvalue weighted by Crippen LogP contribution is -2.15. The van der Waals surface area contributed by atoms with Crippen LogP contribution in [0.25, 0.3) is 11.0 Å². The van der Waals surface area contributed by atoms with Gasteiger partial charge in [0.1, 0.15) is 5.58 Å². The molecular formula is C22H21NO5. The van der Waals surface area contributed by atoms with Gasteiger partial charge < -0.3 is 14.5 Å². The van der Waals surface area contributed by atoms with Crippen molar-refractivity contribution in [2.24, 2.45) is 0 Å². The van der Waals surface area contributed by atoms with Gasteiger partial charge in [-0.05, 0) is 42.3 Å². The van der Waals surface area contributed by atoms with E-state index in [0.717, 1.165) is 28.5 Å². The van der Waals surface area contributed by atoms with E-state index >= 15 is 0 Å². The number of esters is 1. The minimum Gasteiger partial charge on any atom is -0.464 e. The lowest BCUT2D eigenvalue weighted by atomic mass is 10.1. The number of ether oxygens (including phenoxy) is 1. The zero-order chi connectivity index (χ0) is 20.1. The summed E-state index contributed by atoms with van der Waals surface area (Å²) in [5.74, 6) is -0.997. The summed E-state index contributed by atoms with van der Waals surface area (Å²) in [5.41, 5.74) is 3.63. The van der Waals surface area contributed by atoms with Crippen molar-refractivity contribution in [3.63, 3.8) is 0 Å². The number of hydrogen-bond acceptors (Lipinski definition) is 5. The number of fused-ring (bicyclic) bond motifs is 1. The van der Waals surface area contributed by atoms with Crippen LogP contribution in [0.5, 0.6) is 0 Å². The highest BCUT2D eigenvalue weighted by molar-refractivity contribution is 5.99. The summed E-state index contributed by atoms with van der Waals surface area (Å²) in [6, 6.07) is 12.3. The molecule has 0 aliphatic carbocycles. The molecule has 1 N–H and O–H groups in total. The van der Waals surface area contributed by atoms with Crippen molar-refractivity contribution in [2.45, 2.75) is 26.7 Å². The Bertz CT molecular complexity index is 1020. The SMILES string of the molecule is CCc1ccc2c(CC(=O)OCC(=O)c3ccc(NC(C)=O)cc3)coc2c1. The Balaban J connectivity index is 1.56. The lowest BCUT2D eigenvalue weighted by molar-refractivity contribution is -0.141. The molecule has 0 unspecified atom stereocenters. The molecule has 6 nitrogen and oxygen atoms in total. The fourth-order valence-corrected chi connectivity index (χ4v) is 2.86. The first-order valence-electron chi connectivity index (χ1n) is 9.01. The molecule has 2 aromatic carbocycles. The number of furan rings is 1. The molecule has 0 atom stereocenters. The maximum Gasteiger partial charge on any atom is 0.310 e. The zero-order valence-electron chi connectivity index (χ0n) is 15.8. The first-order valence-corrected chi connectivity index (χ1v) is 9.01. The van der Waals surface area contributed by atoms with Crippen molar-refractivity contribution in [2.75, 3.05) is 11.9 Å². The second-order valence-electron chi connectivity index (χ2n) is 6.46. The number of aryl methyl sites for hydroxylation is 1. The van der Waals surface area contributed by atoms with Gasteiger partial charge >= 0.3 is 5.97 Å². The van der Waals surface area contributed by atoms with Crippen LogP contribution >= 0.6 is 0 Å². The average Bonchev–Trinajstić information content (AvgIpc) is 3.08. The summed E-state index contributed by atoms with van der Waals surface area (Å²) < 4.78 is 10.6. The average molecular weight is 379 g/mol. The van der Waals surface area contributed by atoms with Crippen LogP contribution in [-0.2, 0) is 27.2 Å². The molecule has 144 valence electrons. The normalized spacial score (nSPS) is 10.6. The molecule has 0 spiro atoms. The van der Waals surface area contributed by atoms with Crippen LogP contribution in [0.1, 0.15) is 35.3 Å². The molecule has 1 aromatic heterocycles. The third kappa shape index (κ3) is 4.65. The summed E-state index contributed by atoms with van der Waals surface area (Å²) in [4.78, 5) is 35.3. The van der Waals surface area contributed by atoms with Gasteiger partial charge in [0.2, 0.25) is 5.91 Å². The number of amides is 1. The molecule has 0 aliphatic heterocycles. The number of Topliss-reactive ketones (excluding diaryl/α,β-unsaturated/α-hetero) is 1. The molecule has 28 heavy (non-hydrogen) atoms. The Morgan fingerprint density at radius 2 is 1.82 bits per heavy atom. The number of anilines is 1.